The fourth-order valence-electron chi connectivity index (χ4n) is 1.88. The molecular weight excluding hydrogens is 210 g/mol. The smallest absolute Gasteiger partial charge is 0.308 e. The van der Waals surface area contributed by atoms with E-state index in [9.17, 15) is 17.6 Å². The average Bonchev–Trinajstić information content (AvgIpc) is 2.19. The number of alkyl halides is 4. The Labute approximate surface area is 86.5 Å². The van der Waals surface area contributed by atoms with E-state index >= 15 is 0 Å². The lowest BCUT2D eigenvalue weighted by molar-refractivity contribution is -0.142. The molecule has 0 saturated carbocycles. The van der Waals surface area contributed by atoms with Gasteiger partial charge in [-0.3, -0.25) is 0 Å². The molecule has 0 aliphatic heterocycles. The molecular formula is C10H15F4N. The molecule has 1 nitrogen and oxygen atoms in total. The summed E-state index contributed by atoms with van der Waals surface area (Å²) >= 11 is 0. The van der Waals surface area contributed by atoms with E-state index in [-0.39, 0.29) is 0 Å². The summed E-state index contributed by atoms with van der Waals surface area (Å²) in [4.78, 5) is 0. The van der Waals surface area contributed by atoms with E-state index in [1.54, 1.807) is 6.08 Å². The molecule has 1 aliphatic carbocycles. The number of halogens is 4. The van der Waals surface area contributed by atoms with Crippen LogP contribution in [0.1, 0.15) is 25.7 Å². The Kier molecular flexibility index (Phi) is 4.13. The summed E-state index contributed by atoms with van der Waals surface area (Å²) in [5.74, 6) is -3.99. The number of rotatable bonds is 4. The maximum absolute atomic E-state index is 13.1. The third kappa shape index (κ3) is 2.71. The van der Waals surface area contributed by atoms with Crippen LogP contribution in [0.3, 0.4) is 0 Å². The first kappa shape index (κ1) is 12.5. The molecule has 1 unspecified atom stereocenters. The van der Waals surface area contributed by atoms with Crippen LogP contribution in [-0.4, -0.2) is 25.4 Å². The van der Waals surface area contributed by atoms with Crippen LogP contribution in [0.2, 0.25) is 0 Å². The van der Waals surface area contributed by atoms with Gasteiger partial charge in [0.2, 0.25) is 0 Å². The van der Waals surface area contributed by atoms with Crippen LogP contribution in [0, 0.1) is 0 Å². The Hall–Kier alpha value is -0.580. The third-order valence-electron chi connectivity index (χ3n) is 2.66. The molecule has 1 rings (SSSR count). The maximum atomic E-state index is 13.1. The van der Waals surface area contributed by atoms with Crippen molar-refractivity contribution in [3.05, 3.63) is 11.6 Å². The van der Waals surface area contributed by atoms with Crippen LogP contribution >= 0.6 is 0 Å². The van der Waals surface area contributed by atoms with Gasteiger partial charge in [0.1, 0.15) is 0 Å². The lowest BCUT2D eigenvalue weighted by Gasteiger charge is -2.29. The predicted octanol–water partition coefficient (Wildman–Crippen LogP) is 2.98. The van der Waals surface area contributed by atoms with E-state index in [0.29, 0.717) is 18.4 Å². The van der Waals surface area contributed by atoms with E-state index in [4.69, 9.17) is 0 Å². The summed E-state index contributed by atoms with van der Waals surface area (Å²) in [6, 6.07) is -1.53. The minimum atomic E-state index is -3.99. The van der Waals surface area contributed by atoms with E-state index in [2.05, 4.69) is 5.32 Å². The van der Waals surface area contributed by atoms with Gasteiger partial charge in [0.15, 0.2) is 0 Å². The first-order chi connectivity index (χ1) is 7.00. The van der Waals surface area contributed by atoms with Crippen LogP contribution in [-0.2, 0) is 0 Å². The highest BCUT2D eigenvalue weighted by Gasteiger charge is 2.49. The first-order valence-corrected chi connectivity index (χ1v) is 5.02. The van der Waals surface area contributed by atoms with E-state index in [0.717, 1.165) is 12.8 Å². The third-order valence-corrected chi connectivity index (χ3v) is 2.66. The molecule has 15 heavy (non-hydrogen) atoms. The van der Waals surface area contributed by atoms with Gasteiger partial charge in [0.25, 0.3) is 0 Å². The zero-order chi connectivity index (χ0) is 11.5. The molecule has 1 N–H and O–H groups in total. The normalized spacial score (nSPS) is 20.3. The molecule has 0 radical (unpaired) electrons. The summed E-state index contributed by atoms with van der Waals surface area (Å²) < 4.78 is 50.7. The summed E-state index contributed by atoms with van der Waals surface area (Å²) in [6.07, 6.45) is 0.947. The highest BCUT2D eigenvalue weighted by Crippen LogP contribution is 2.34. The summed E-state index contributed by atoms with van der Waals surface area (Å²) in [6.45, 7) is 0. The Morgan fingerprint density at radius 3 is 2.40 bits per heavy atom. The quantitative estimate of drug-likeness (QED) is 0.573. The minimum absolute atomic E-state index is 0.411. The maximum Gasteiger partial charge on any atom is 0.326 e. The predicted molar refractivity (Wildman–Crippen MR) is 50.3 cm³/mol. The van der Waals surface area contributed by atoms with Crippen LogP contribution in [0.15, 0.2) is 11.6 Å². The van der Waals surface area contributed by atoms with E-state index < -0.39 is 18.4 Å². The number of likely N-dealkylation sites (N-methyl/N-ethyl adjacent to an activating group) is 1. The topological polar surface area (TPSA) is 12.0 Å². The summed E-state index contributed by atoms with van der Waals surface area (Å²) in [5, 5.41) is 2.30. The van der Waals surface area contributed by atoms with Gasteiger partial charge >= 0.3 is 12.3 Å². The van der Waals surface area contributed by atoms with Crippen molar-refractivity contribution in [1.29, 1.82) is 0 Å². The van der Waals surface area contributed by atoms with Gasteiger partial charge in [0.05, 0.1) is 6.04 Å². The van der Waals surface area contributed by atoms with Gasteiger partial charge in [-0.1, -0.05) is 11.6 Å². The van der Waals surface area contributed by atoms with Crippen molar-refractivity contribution in [1.82, 2.24) is 5.32 Å². The van der Waals surface area contributed by atoms with Gasteiger partial charge < -0.3 is 5.32 Å². The number of allylic oxidation sites excluding steroid dienone is 1. The second-order valence-electron chi connectivity index (χ2n) is 3.72. The summed E-state index contributed by atoms with van der Waals surface area (Å²) in [7, 11) is 1.29. The second-order valence-corrected chi connectivity index (χ2v) is 3.72. The molecule has 0 bridgehead atoms. The minimum Gasteiger partial charge on any atom is -0.308 e. The molecule has 0 saturated heterocycles. The van der Waals surface area contributed by atoms with Gasteiger partial charge in [-0.2, -0.15) is 8.78 Å². The van der Waals surface area contributed by atoms with Crippen molar-refractivity contribution >= 4 is 0 Å². The molecule has 0 aromatic carbocycles. The van der Waals surface area contributed by atoms with E-state index in [1.807, 2.05) is 0 Å². The average molecular weight is 225 g/mol. The Morgan fingerprint density at radius 1 is 1.33 bits per heavy atom. The number of hydrogen-bond donors (Lipinski definition) is 1. The van der Waals surface area contributed by atoms with Crippen molar-refractivity contribution in [2.75, 3.05) is 7.05 Å². The second kappa shape index (κ2) is 4.96. The monoisotopic (exact) mass is 225 g/mol. The lowest BCUT2D eigenvalue weighted by Crippen LogP contribution is -2.49. The fraction of sp³-hybridized carbons (Fsp3) is 0.800. The van der Waals surface area contributed by atoms with Crippen LogP contribution in [0.25, 0.3) is 0 Å². The molecule has 1 atom stereocenters. The zero-order valence-electron chi connectivity index (χ0n) is 8.57. The van der Waals surface area contributed by atoms with Crippen molar-refractivity contribution in [3.63, 3.8) is 0 Å². The molecule has 5 heteroatoms. The van der Waals surface area contributed by atoms with Crippen LogP contribution < -0.4 is 5.32 Å². The van der Waals surface area contributed by atoms with Crippen molar-refractivity contribution < 1.29 is 17.6 Å². The van der Waals surface area contributed by atoms with Crippen molar-refractivity contribution in [2.45, 2.75) is 44.1 Å². The van der Waals surface area contributed by atoms with Crippen molar-refractivity contribution in [3.8, 4) is 0 Å². The molecule has 0 aromatic rings. The molecule has 0 fully saturated rings. The highest BCUT2D eigenvalue weighted by atomic mass is 19.3. The molecule has 0 heterocycles. The molecule has 88 valence electrons. The fourth-order valence-corrected chi connectivity index (χ4v) is 1.88. The lowest BCUT2D eigenvalue weighted by atomic mass is 9.90. The van der Waals surface area contributed by atoms with Gasteiger partial charge in [-0.25, -0.2) is 8.78 Å². The first-order valence-electron chi connectivity index (χ1n) is 5.02. The number of hydrogen-bond acceptors (Lipinski definition) is 1. The molecule has 0 amide bonds. The van der Waals surface area contributed by atoms with Crippen LogP contribution in [0.4, 0.5) is 17.6 Å². The van der Waals surface area contributed by atoms with Gasteiger partial charge in [-0.05, 0) is 32.7 Å². The zero-order valence-corrected chi connectivity index (χ0v) is 8.57. The van der Waals surface area contributed by atoms with Gasteiger partial charge in [0, 0.05) is 0 Å². The van der Waals surface area contributed by atoms with Crippen molar-refractivity contribution in [2.24, 2.45) is 0 Å². The molecule has 0 spiro atoms. The number of nitrogens with one attached hydrogen (secondary N) is 1. The SMILES string of the molecule is CNC(C1=CCCCC1)C(F)(F)C(F)F. The highest BCUT2D eigenvalue weighted by molar-refractivity contribution is 5.17. The Bertz CT molecular complexity index is 238. The largest absolute Gasteiger partial charge is 0.326 e. The van der Waals surface area contributed by atoms with Crippen LogP contribution in [0.5, 0.6) is 0 Å². The standard InChI is InChI=1S/C10H15F4N/c1-15-8(10(13,14)9(11)12)7-5-3-2-4-6-7/h5,8-9,15H,2-4,6H2,1H3. The Balaban J connectivity index is 2.82. The summed E-state index contributed by atoms with van der Waals surface area (Å²) in [5.41, 5.74) is 0.411. The Morgan fingerprint density at radius 2 is 2.00 bits per heavy atom. The van der Waals surface area contributed by atoms with E-state index in [1.165, 1.54) is 7.05 Å². The van der Waals surface area contributed by atoms with Gasteiger partial charge in [-0.15, -0.1) is 0 Å². The molecule has 1 aliphatic rings. The molecule has 0 aromatic heterocycles.